The maximum absolute atomic E-state index is 6.13. The molecule has 0 fully saturated rings. The smallest absolute Gasteiger partial charge is 0.163 e. The second-order valence-electron chi connectivity index (χ2n) is 5.10. The zero-order valence-electron chi connectivity index (χ0n) is 14.2. The van der Waals surface area contributed by atoms with E-state index in [1.54, 1.807) is 29.9 Å². The van der Waals surface area contributed by atoms with Crippen molar-refractivity contribution in [2.24, 2.45) is 0 Å². The van der Waals surface area contributed by atoms with Crippen molar-refractivity contribution < 1.29 is 0 Å². The zero-order chi connectivity index (χ0) is 17.6. The van der Waals surface area contributed by atoms with Crippen molar-refractivity contribution in [2.75, 3.05) is 5.73 Å². The molecule has 0 aliphatic carbocycles. The number of hydrogen-bond acceptors (Lipinski definition) is 6. The monoisotopic (exact) mass is 349 g/mol. The van der Waals surface area contributed by atoms with Crippen LogP contribution >= 0.6 is 11.3 Å². The van der Waals surface area contributed by atoms with E-state index in [1.807, 2.05) is 50.2 Å². The topological polar surface area (TPSA) is 77.6 Å². The molecule has 0 aliphatic rings. The summed E-state index contributed by atoms with van der Waals surface area (Å²) >= 11 is 1.62. The summed E-state index contributed by atoms with van der Waals surface area (Å²) < 4.78 is 0. The molecule has 0 spiro atoms. The minimum Gasteiger partial charge on any atom is -0.383 e. The molecule has 0 amide bonds. The molecule has 3 aromatic heterocycles. The van der Waals surface area contributed by atoms with Gasteiger partial charge in [-0.25, -0.2) is 9.97 Å². The summed E-state index contributed by atoms with van der Waals surface area (Å²) in [7, 11) is 0. The van der Waals surface area contributed by atoms with Gasteiger partial charge < -0.3 is 5.73 Å². The molecule has 0 saturated carbocycles. The van der Waals surface area contributed by atoms with Crippen molar-refractivity contribution in [2.45, 2.75) is 20.3 Å². The maximum atomic E-state index is 6.13. The van der Waals surface area contributed by atoms with Crippen LogP contribution in [0, 0.1) is 0 Å². The first-order chi connectivity index (χ1) is 12.3. The van der Waals surface area contributed by atoms with Crippen molar-refractivity contribution in [3.05, 3.63) is 65.6 Å². The van der Waals surface area contributed by atoms with Crippen LogP contribution in [-0.4, -0.2) is 19.9 Å². The molecule has 0 aliphatic heterocycles. The van der Waals surface area contributed by atoms with Crippen LogP contribution in [0.1, 0.15) is 24.4 Å². The molecule has 2 N–H and O–H groups in total. The van der Waals surface area contributed by atoms with E-state index in [0.717, 1.165) is 32.8 Å². The first kappa shape index (κ1) is 17.0. The normalized spacial score (nSPS) is 10.3. The van der Waals surface area contributed by atoms with Gasteiger partial charge in [0.1, 0.15) is 10.6 Å². The average Bonchev–Trinajstić information content (AvgIpc) is 3.08. The zero-order valence-corrected chi connectivity index (χ0v) is 15.0. The number of rotatable bonds is 3. The van der Waals surface area contributed by atoms with Gasteiger partial charge in [-0.2, -0.15) is 0 Å². The van der Waals surface area contributed by atoms with E-state index >= 15 is 0 Å². The molecule has 0 atom stereocenters. The second kappa shape index (κ2) is 7.81. The maximum Gasteiger partial charge on any atom is 0.163 e. The lowest BCUT2D eigenvalue weighted by Crippen LogP contribution is -1.95. The highest BCUT2D eigenvalue weighted by atomic mass is 32.1. The van der Waals surface area contributed by atoms with Crippen molar-refractivity contribution in [1.29, 1.82) is 0 Å². The van der Waals surface area contributed by atoms with Gasteiger partial charge in [-0.1, -0.05) is 44.2 Å². The van der Waals surface area contributed by atoms with Gasteiger partial charge in [-0.15, -0.1) is 11.3 Å². The molecular weight excluding hydrogens is 330 g/mol. The van der Waals surface area contributed by atoms with Gasteiger partial charge in [0.25, 0.3) is 0 Å². The Hall–Kier alpha value is -2.86. The van der Waals surface area contributed by atoms with Crippen LogP contribution in [-0.2, 0) is 6.42 Å². The Morgan fingerprint density at radius 3 is 2.56 bits per heavy atom. The molecule has 25 heavy (non-hydrogen) atoms. The van der Waals surface area contributed by atoms with Crippen molar-refractivity contribution in [1.82, 2.24) is 19.9 Å². The van der Waals surface area contributed by atoms with Crippen LogP contribution < -0.4 is 5.73 Å². The molecule has 126 valence electrons. The van der Waals surface area contributed by atoms with E-state index in [0.29, 0.717) is 11.6 Å². The van der Waals surface area contributed by atoms with Gasteiger partial charge in [0.05, 0.1) is 11.1 Å². The Kier molecular flexibility index (Phi) is 5.30. The summed E-state index contributed by atoms with van der Waals surface area (Å²) in [6.07, 6.45) is 5.86. The number of nitrogens with zero attached hydrogens (tertiary/aromatic N) is 4. The van der Waals surface area contributed by atoms with Gasteiger partial charge >= 0.3 is 0 Å². The fourth-order valence-corrected chi connectivity index (χ4v) is 3.45. The summed E-state index contributed by atoms with van der Waals surface area (Å²) in [6, 6.07) is 11.9. The molecule has 3 heterocycles. The van der Waals surface area contributed by atoms with Crippen LogP contribution in [0.15, 0.2) is 55.0 Å². The number of anilines is 1. The highest BCUT2D eigenvalue weighted by molar-refractivity contribution is 7.18. The number of benzene rings is 1. The summed E-state index contributed by atoms with van der Waals surface area (Å²) in [5, 5.41) is 0.897. The molecule has 0 saturated heterocycles. The SMILES string of the molecule is CC.Nc1nc(-c2ccccc2)nc2sc(Cc3cnccn3)cc12. The first-order valence-electron chi connectivity index (χ1n) is 8.16. The van der Waals surface area contributed by atoms with Gasteiger partial charge in [0.2, 0.25) is 0 Å². The Bertz CT molecular complexity index is 952. The molecule has 5 nitrogen and oxygen atoms in total. The van der Waals surface area contributed by atoms with Crippen molar-refractivity contribution in [3.63, 3.8) is 0 Å². The van der Waals surface area contributed by atoms with Gasteiger partial charge in [-0.05, 0) is 6.07 Å². The number of hydrogen-bond donors (Lipinski definition) is 1. The lowest BCUT2D eigenvalue weighted by atomic mass is 10.2. The third kappa shape index (κ3) is 3.80. The van der Waals surface area contributed by atoms with Crippen LogP contribution in [0.5, 0.6) is 0 Å². The van der Waals surface area contributed by atoms with Crippen molar-refractivity contribution in [3.8, 4) is 11.4 Å². The molecule has 4 aromatic rings. The van der Waals surface area contributed by atoms with Crippen LogP contribution in [0.4, 0.5) is 5.82 Å². The second-order valence-corrected chi connectivity index (χ2v) is 6.22. The van der Waals surface area contributed by atoms with E-state index in [2.05, 4.69) is 19.9 Å². The lowest BCUT2D eigenvalue weighted by Gasteiger charge is -2.01. The standard InChI is InChI=1S/C17H13N5S.C2H6/c18-15-14-9-13(8-12-10-19-6-7-20-12)23-17(14)22-16(21-15)11-4-2-1-3-5-11;1-2/h1-7,9-10H,8H2,(H2,18,21,22);1-2H3. The Labute approximate surface area is 150 Å². The Morgan fingerprint density at radius 1 is 1.04 bits per heavy atom. The summed E-state index contributed by atoms with van der Waals surface area (Å²) in [5.41, 5.74) is 8.02. The minimum atomic E-state index is 0.510. The Morgan fingerprint density at radius 2 is 1.84 bits per heavy atom. The molecule has 0 unspecified atom stereocenters. The van der Waals surface area contributed by atoms with Crippen molar-refractivity contribution >= 4 is 27.4 Å². The molecule has 1 aromatic carbocycles. The van der Waals surface area contributed by atoms with Crippen LogP contribution in [0.2, 0.25) is 0 Å². The quantitative estimate of drug-likeness (QED) is 0.595. The van der Waals surface area contributed by atoms with Gasteiger partial charge in [0.15, 0.2) is 5.82 Å². The van der Waals surface area contributed by atoms with Crippen LogP contribution in [0.25, 0.3) is 21.6 Å². The fourth-order valence-electron chi connectivity index (χ4n) is 2.40. The van der Waals surface area contributed by atoms with Gasteiger partial charge in [0, 0.05) is 35.5 Å². The highest BCUT2D eigenvalue weighted by Crippen LogP contribution is 2.30. The third-order valence-electron chi connectivity index (χ3n) is 3.48. The number of nitrogens with two attached hydrogens (primary N) is 1. The first-order valence-corrected chi connectivity index (χ1v) is 8.97. The molecular formula is C19H19N5S. The minimum absolute atomic E-state index is 0.510. The van der Waals surface area contributed by atoms with E-state index in [-0.39, 0.29) is 0 Å². The molecule has 0 bridgehead atoms. The summed E-state index contributed by atoms with van der Waals surface area (Å²) in [6.45, 7) is 4.00. The fraction of sp³-hybridized carbons (Fsp3) is 0.158. The predicted octanol–water partition coefficient (Wildman–Crippen LogP) is 4.35. The number of aromatic nitrogens is 4. The van der Waals surface area contributed by atoms with E-state index < -0.39 is 0 Å². The molecule has 0 radical (unpaired) electrons. The van der Waals surface area contributed by atoms with E-state index in [1.165, 1.54) is 0 Å². The lowest BCUT2D eigenvalue weighted by molar-refractivity contribution is 1.05. The third-order valence-corrected chi connectivity index (χ3v) is 4.51. The van der Waals surface area contributed by atoms with E-state index in [9.17, 15) is 0 Å². The highest BCUT2D eigenvalue weighted by Gasteiger charge is 2.11. The van der Waals surface area contributed by atoms with Gasteiger partial charge in [-0.3, -0.25) is 9.97 Å². The largest absolute Gasteiger partial charge is 0.383 e. The number of thiophene rings is 1. The Balaban J connectivity index is 0.000000880. The predicted molar refractivity (Wildman–Crippen MR) is 103 cm³/mol. The summed E-state index contributed by atoms with van der Waals surface area (Å²) in [5.74, 6) is 1.17. The molecule has 6 heteroatoms. The molecule has 4 rings (SSSR count). The number of nitrogen functional groups attached to an aromatic ring is 1. The van der Waals surface area contributed by atoms with Crippen LogP contribution in [0.3, 0.4) is 0 Å². The average molecular weight is 349 g/mol. The summed E-state index contributed by atoms with van der Waals surface area (Å²) in [4.78, 5) is 19.5. The van der Waals surface area contributed by atoms with E-state index in [4.69, 9.17) is 5.73 Å². The number of fused-ring (bicyclic) bond motifs is 1.